The maximum Gasteiger partial charge on any atom is 0.244 e. The summed E-state index contributed by atoms with van der Waals surface area (Å²) in [5.41, 5.74) is 0. The minimum absolute atomic E-state index is 0.206. The molecule has 0 radical (unpaired) electrons. The van der Waals surface area contributed by atoms with Crippen LogP contribution in [0.1, 0.15) is 12.8 Å². The van der Waals surface area contributed by atoms with E-state index in [-0.39, 0.29) is 11.0 Å². The molecule has 0 N–H and O–H groups in total. The standard InChI is InChI=1S/C14H16N4O3S/c19-22(20,13-4-1-6-15-9-13)18-8-2-3-12(10-18)21-14-5-7-16-11-17-14/h1,4-7,9,11-12H,2-3,8,10H2/t12-/m0/s1. The van der Waals surface area contributed by atoms with Gasteiger partial charge in [-0.2, -0.15) is 4.31 Å². The van der Waals surface area contributed by atoms with E-state index in [9.17, 15) is 8.42 Å². The molecule has 0 amide bonds. The van der Waals surface area contributed by atoms with E-state index in [1.54, 1.807) is 30.6 Å². The van der Waals surface area contributed by atoms with Crippen LogP contribution in [0.4, 0.5) is 0 Å². The highest BCUT2D eigenvalue weighted by Gasteiger charge is 2.31. The summed E-state index contributed by atoms with van der Waals surface area (Å²) in [6.07, 6.45) is 7.24. The Labute approximate surface area is 129 Å². The molecule has 7 nitrogen and oxygen atoms in total. The Morgan fingerprint density at radius 2 is 2.14 bits per heavy atom. The van der Waals surface area contributed by atoms with Crippen molar-refractivity contribution in [2.45, 2.75) is 23.8 Å². The normalized spacial score (nSPS) is 19.7. The molecule has 3 heterocycles. The zero-order chi connectivity index (χ0) is 15.4. The van der Waals surface area contributed by atoms with Gasteiger partial charge in [0.05, 0.1) is 6.54 Å². The topological polar surface area (TPSA) is 85.3 Å². The van der Waals surface area contributed by atoms with Gasteiger partial charge >= 0.3 is 0 Å². The first-order valence-electron chi connectivity index (χ1n) is 6.99. The summed E-state index contributed by atoms with van der Waals surface area (Å²) in [4.78, 5) is 11.9. The number of pyridine rings is 1. The summed E-state index contributed by atoms with van der Waals surface area (Å²) in [5, 5.41) is 0. The molecule has 1 aliphatic heterocycles. The van der Waals surface area contributed by atoms with Gasteiger partial charge in [0.25, 0.3) is 0 Å². The minimum Gasteiger partial charge on any atom is -0.473 e. The molecule has 1 saturated heterocycles. The van der Waals surface area contributed by atoms with E-state index in [4.69, 9.17) is 4.74 Å². The lowest BCUT2D eigenvalue weighted by Crippen LogP contribution is -2.44. The average molecular weight is 320 g/mol. The highest BCUT2D eigenvalue weighted by atomic mass is 32.2. The number of ether oxygens (including phenoxy) is 1. The Morgan fingerprint density at radius 1 is 1.23 bits per heavy atom. The van der Waals surface area contributed by atoms with Crippen molar-refractivity contribution in [3.8, 4) is 5.88 Å². The van der Waals surface area contributed by atoms with Gasteiger partial charge in [0.2, 0.25) is 15.9 Å². The van der Waals surface area contributed by atoms with Crippen molar-refractivity contribution in [2.75, 3.05) is 13.1 Å². The number of hydrogen-bond acceptors (Lipinski definition) is 6. The van der Waals surface area contributed by atoms with Gasteiger partial charge in [0, 0.05) is 31.2 Å². The van der Waals surface area contributed by atoms with Crippen LogP contribution in [0.2, 0.25) is 0 Å². The fourth-order valence-corrected chi connectivity index (χ4v) is 3.86. The fraction of sp³-hybridized carbons (Fsp3) is 0.357. The van der Waals surface area contributed by atoms with Crippen molar-refractivity contribution in [1.82, 2.24) is 19.3 Å². The Hall–Kier alpha value is -2.06. The molecule has 0 aliphatic carbocycles. The van der Waals surface area contributed by atoms with Crippen LogP contribution in [0.3, 0.4) is 0 Å². The molecule has 2 aromatic rings. The summed E-state index contributed by atoms with van der Waals surface area (Å²) < 4.78 is 32.4. The lowest BCUT2D eigenvalue weighted by molar-refractivity contribution is 0.124. The molecule has 0 saturated carbocycles. The molecule has 2 aromatic heterocycles. The van der Waals surface area contributed by atoms with Gasteiger partial charge in [-0.05, 0) is 25.0 Å². The largest absolute Gasteiger partial charge is 0.473 e. The number of hydrogen-bond donors (Lipinski definition) is 0. The second kappa shape index (κ2) is 6.37. The molecule has 0 unspecified atom stereocenters. The Kier molecular flexibility index (Phi) is 4.30. The van der Waals surface area contributed by atoms with Gasteiger partial charge in [-0.1, -0.05) is 0 Å². The maximum atomic E-state index is 12.6. The highest BCUT2D eigenvalue weighted by Crippen LogP contribution is 2.22. The smallest absolute Gasteiger partial charge is 0.244 e. The van der Waals surface area contributed by atoms with Crippen molar-refractivity contribution >= 4 is 10.0 Å². The van der Waals surface area contributed by atoms with Gasteiger partial charge in [0.1, 0.15) is 17.3 Å². The summed E-state index contributed by atoms with van der Waals surface area (Å²) in [7, 11) is -3.53. The molecule has 116 valence electrons. The molecular weight excluding hydrogens is 304 g/mol. The van der Waals surface area contributed by atoms with Crippen LogP contribution in [0.25, 0.3) is 0 Å². The lowest BCUT2D eigenvalue weighted by atomic mass is 10.1. The van der Waals surface area contributed by atoms with Gasteiger partial charge in [0.15, 0.2) is 0 Å². The maximum absolute atomic E-state index is 12.6. The quantitative estimate of drug-likeness (QED) is 0.839. The first kappa shape index (κ1) is 14.9. The van der Waals surface area contributed by atoms with Crippen LogP contribution in [0.15, 0.2) is 48.0 Å². The molecule has 1 atom stereocenters. The van der Waals surface area contributed by atoms with Crippen LogP contribution in [0.5, 0.6) is 5.88 Å². The van der Waals surface area contributed by atoms with Crippen molar-refractivity contribution < 1.29 is 13.2 Å². The molecule has 0 spiro atoms. The van der Waals surface area contributed by atoms with E-state index < -0.39 is 10.0 Å². The lowest BCUT2D eigenvalue weighted by Gasteiger charge is -2.31. The van der Waals surface area contributed by atoms with Crippen LogP contribution >= 0.6 is 0 Å². The second-order valence-electron chi connectivity index (χ2n) is 4.98. The number of piperidine rings is 1. The van der Waals surface area contributed by atoms with Crippen molar-refractivity contribution in [3.05, 3.63) is 43.1 Å². The molecule has 0 aromatic carbocycles. The predicted octanol–water partition coefficient (Wildman–Crippen LogP) is 1.10. The Bertz CT molecular complexity index is 709. The summed E-state index contributed by atoms with van der Waals surface area (Å²) in [5.74, 6) is 0.459. The summed E-state index contributed by atoms with van der Waals surface area (Å²) in [6, 6.07) is 4.83. The number of sulfonamides is 1. The van der Waals surface area contributed by atoms with E-state index in [1.165, 1.54) is 16.8 Å². The van der Waals surface area contributed by atoms with E-state index in [0.29, 0.717) is 19.0 Å². The van der Waals surface area contributed by atoms with Crippen molar-refractivity contribution in [3.63, 3.8) is 0 Å². The fourth-order valence-electron chi connectivity index (χ4n) is 2.39. The highest BCUT2D eigenvalue weighted by molar-refractivity contribution is 7.89. The third-order valence-electron chi connectivity index (χ3n) is 3.46. The Morgan fingerprint density at radius 3 is 2.86 bits per heavy atom. The molecule has 0 bridgehead atoms. The Balaban J connectivity index is 1.73. The number of rotatable bonds is 4. The summed E-state index contributed by atoms with van der Waals surface area (Å²) in [6.45, 7) is 0.794. The SMILES string of the molecule is O=S(=O)(c1cccnc1)N1CCC[C@H](Oc2ccncn2)C1. The first-order valence-corrected chi connectivity index (χ1v) is 8.43. The molecule has 1 aliphatic rings. The van der Waals surface area contributed by atoms with Gasteiger partial charge in [-0.15, -0.1) is 0 Å². The van der Waals surface area contributed by atoms with Gasteiger partial charge in [-0.3, -0.25) is 4.98 Å². The van der Waals surface area contributed by atoms with Gasteiger partial charge in [-0.25, -0.2) is 18.4 Å². The number of nitrogens with zero attached hydrogens (tertiary/aromatic N) is 4. The third-order valence-corrected chi connectivity index (χ3v) is 5.30. The first-order chi connectivity index (χ1) is 10.7. The van der Waals surface area contributed by atoms with Gasteiger partial charge < -0.3 is 4.74 Å². The van der Waals surface area contributed by atoms with Crippen LogP contribution in [-0.4, -0.2) is 46.9 Å². The predicted molar refractivity (Wildman–Crippen MR) is 78.7 cm³/mol. The van der Waals surface area contributed by atoms with Crippen LogP contribution in [-0.2, 0) is 10.0 Å². The van der Waals surface area contributed by atoms with Crippen molar-refractivity contribution in [2.24, 2.45) is 0 Å². The summed E-state index contributed by atoms with van der Waals surface area (Å²) >= 11 is 0. The molecule has 22 heavy (non-hydrogen) atoms. The molecule has 1 fully saturated rings. The van der Waals surface area contributed by atoms with E-state index in [2.05, 4.69) is 15.0 Å². The zero-order valence-corrected chi connectivity index (χ0v) is 12.7. The zero-order valence-electron chi connectivity index (χ0n) is 11.9. The third kappa shape index (κ3) is 3.23. The minimum atomic E-state index is -3.53. The van der Waals surface area contributed by atoms with Crippen molar-refractivity contribution in [1.29, 1.82) is 0 Å². The van der Waals surface area contributed by atoms with E-state index in [0.717, 1.165) is 12.8 Å². The molecule has 8 heteroatoms. The number of aromatic nitrogens is 3. The van der Waals surface area contributed by atoms with E-state index in [1.807, 2.05) is 0 Å². The van der Waals surface area contributed by atoms with Crippen LogP contribution < -0.4 is 4.74 Å². The average Bonchev–Trinajstić information content (AvgIpc) is 2.57. The monoisotopic (exact) mass is 320 g/mol. The van der Waals surface area contributed by atoms with E-state index >= 15 is 0 Å². The molecular formula is C14H16N4O3S. The van der Waals surface area contributed by atoms with Crippen LogP contribution in [0, 0.1) is 0 Å². The second-order valence-corrected chi connectivity index (χ2v) is 6.92. The molecule has 3 rings (SSSR count).